The first-order chi connectivity index (χ1) is 12.5. The minimum Gasteiger partial charge on any atom is -0.484 e. The standard InChI is InChI=1S/C18H23NO7/c1-24-17(22)13-9-14(18(23)25-2)11-15(10-13)26-12-16(21)19-7-5-3-4-6-8-20/h8-11H,3-7,12H2,1-2H3,(H,19,21). The Morgan fingerprint density at radius 3 is 2.12 bits per heavy atom. The summed E-state index contributed by atoms with van der Waals surface area (Å²) in [6.07, 6.45) is 3.81. The number of ether oxygens (including phenoxy) is 3. The molecule has 0 fully saturated rings. The van der Waals surface area contributed by atoms with Gasteiger partial charge in [-0.3, -0.25) is 4.79 Å². The minimum atomic E-state index is -0.639. The van der Waals surface area contributed by atoms with Gasteiger partial charge in [0.2, 0.25) is 0 Å². The third-order valence-corrected chi connectivity index (χ3v) is 3.44. The molecule has 0 radical (unpaired) electrons. The van der Waals surface area contributed by atoms with Crippen LogP contribution in [0.1, 0.15) is 46.4 Å². The van der Waals surface area contributed by atoms with Crippen molar-refractivity contribution in [2.24, 2.45) is 0 Å². The van der Waals surface area contributed by atoms with Crippen LogP contribution in [-0.4, -0.2) is 51.5 Å². The van der Waals surface area contributed by atoms with Gasteiger partial charge in [0.25, 0.3) is 5.91 Å². The Kier molecular flexibility index (Phi) is 9.45. The second-order valence-electron chi connectivity index (χ2n) is 5.38. The van der Waals surface area contributed by atoms with E-state index in [0.717, 1.165) is 25.5 Å². The van der Waals surface area contributed by atoms with Crippen molar-refractivity contribution >= 4 is 24.1 Å². The normalized spacial score (nSPS) is 9.92. The summed E-state index contributed by atoms with van der Waals surface area (Å²) in [4.78, 5) is 45.3. The van der Waals surface area contributed by atoms with E-state index in [2.05, 4.69) is 14.8 Å². The highest BCUT2D eigenvalue weighted by Gasteiger charge is 2.15. The van der Waals surface area contributed by atoms with E-state index in [1.807, 2.05) is 0 Å². The van der Waals surface area contributed by atoms with Gasteiger partial charge in [0, 0.05) is 13.0 Å². The van der Waals surface area contributed by atoms with Crippen LogP contribution in [0.4, 0.5) is 0 Å². The van der Waals surface area contributed by atoms with Crippen LogP contribution in [0.2, 0.25) is 0 Å². The number of aldehydes is 1. The van der Waals surface area contributed by atoms with Gasteiger partial charge in [-0.2, -0.15) is 0 Å². The van der Waals surface area contributed by atoms with Gasteiger partial charge in [-0.15, -0.1) is 0 Å². The molecule has 0 aliphatic rings. The largest absolute Gasteiger partial charge is 0.484 e. The molecule has 8 heteroatoms. The fraction of sp³-hybridized carbons (Fsp3) is 0.444. The number of unbranched alkanes of at least 4 members (excludes halogenated alkanes) is 3. The van der Waals surface area contributed by atoms with Crippen LogP contribution in [0.25, 0.3) is 0 Å². The smallest absolute Gasteiger partial charge is 0.338 e. The minimum absolute atomic E-state index is 0.112. The first kappa shape index (κ1) is 21.1. The number of hydrogen-bond acceptors (Lipinski definition) is 7. The maximum Gasteiger partial charge on any atom is 0.338 e. The molecule has 8 nitrogen and oxygen atoms in total. The third kappa shape index (κ3) is 7.33. The fourth-order valence-corrected chi connectivity index (χ4v) is 2.11. The number of carbonyl (C=O) groups excluding carboxylic acids is 4. The van der Waals surface area contributed by atoms with Gasteiger partial charge in [-0.1, -0.05) is 6.42 Å². The Labute approximate surface area is 151 Å². The maximum absolute atomic E-state index is 11.8. The van der Waals surface area contributed by atoms with E-state index < -0.39 is 11.9 Å². The molecular formula is C18H23NO7. The fourth-order valence-electron chi connectivity index (χ4n) is 2.11. The molecule has 0 saturated heterocycles. The Bertz CT molecular complexity index is 608. The predicted octanol–water partition coefficient (Wildman–Crippen LogP) is 1.51. The van der Waals surface area contributed by atoms with E-state index in [0.29, 0.717) is 13.0 Å². The summed E-state index contributed by atoms with van der Waals surface area (Å²) < 4.78 is 14.6. The molecule has 1 N–H and O–H groups in total. The lowest BCUT2D eigenvalue weighted by molar-refractivity contribution is -0.123. The van der Waals surface area contributed by atoms with Gasteiger partial charge in [-0.05, 0) is 31.0 Å². The summed E-state index contributed by atoms with van der Waals surface area (Å²) in [5.74, 6) is -1.43. The lowest BCUT2D eigenvalue weighted by Gasteiger charge is -2.10. The molecule has 0 aliphatic heterocycles. The van der Waals surface area contributed by atoms with Crippen molar-refractivity contribution in [2.45, 2.75) is 25.7 Å². The van der Waals surface area contributed by atoms with E-state index in [4.69, 9.17) is 4.74 Å². The molecule has 1 rings (SSSR count). The van der Waals surface area contributed by atoms with Crippen molar-refractivity contribution in [3.8, 4) is 5.75 Å². The number of benzene rings is 1. The van der Waals surface area contributed by atoms with E-state index in [-0.39, 0.29) is 29.4 Å². The van der Waals surface area contributed by atoms with E-state index in [1.165, 1.54) is 32.4 Å². The molecule has 0 atom stereocenters. The van der Waals surface area contributed by atoms with Crippen molar-refractivity contribution in [2.75, 3.05) is 27.4 Å². The molecule has 0 aromatic heterocycles. The van der Waals surface area contributed by atoms with Crippen LogP contribution in [0.15, 0.2) is 18.2 Å². The van der Waals surface area contributed by atoms with Crippen molar-refractivity contribution < 1.29 is 33.4 Å². The number of hydrogen-bond donors (Lipinski definition) is 1. The number of nitrogens with one attached hydrogen (secondary N) is 1. The molecule has 0 saturated carbocycles. The number of methoxy groups -OCH3 is 2. The highest BCUT2D eigenvalue weighted by Crippen LogP contribution is 2.19. The average molecular weight is 365 g/mol. The molecule has 0 spiro atoms. The number of carbonyl (C=O) groups is 4. The van der Waals surface area contributed by atoms with E-state index in [1.54, 1.807) is 0 Å². The summed E-state index contributed by atoms with van der Waals surface area (Å²) in [5, 5.41) is 2.69. The molecular weight excluding hydrogens is 342 g/mol. The SMILES string of the molecule is COC(=O)c1cc(OCC(=O)NCCCCCC=O)cc(C(=O)OC)c1. The quantitative estimate of drug-likeness (QED) is 0.360. The van der Waals surface area contributed by atoms with Gasteiger partial charge in [0.1, 0.15) is 12.0 Å². The Hall–Kier alpha value is -2.90. The van der Waals surface area contributed by atoms with Crippen molar-refractivity contribution in [3.63, 3.8) is 0 Å². The van der Waals surface area contributed by atoms with Gasteiger partial charge < -0.3 is 24.3 Å². The lowest BCUT2D eigenvalue weighted by atomic mass is 10.1. The number of esters is 2. The van der Waals surface area contributed by atoms with Gasteiger partial charge in [0.15, 0.2) is 6.61 Å². The van der Waals surface area contributed by atoms with Gasteiger partial charge in [0.05, 0.1) is 25.3 Å². The second-order valence-corrected chi connectivity index (χ2v) is 5.38. The lowest BCUT2D eigenvalue weighted by Crippen LogP contribution is -2.29. The highest BCUT2D eigenvalue weighted by molar-refractivity contribution is 5.96. The summed E-state index contributed by atoms with van der Waals surface area (Å²) in [6, 6.07) is 4.08. The van der Waals surface area contributed by atoms with Crippen molar-refractivity contribution in [1.29, 1.82) is 0 Å². The predicted molar refractivity (Wildman–Crippen MR) is 92.2 cm³/mol. The number of rotatable bonds is 11. The summed E-state index contributed by atoms with van der Waals surface area (Å²) in [7, 11) is 2.44. The van der Waals surface area contributed by atoms with Crippen molar-refractivity contribution in [1.82, 2.24) is 5.32 Å². The molecule has 0 unspecified atom stereocenters. The summed E-state index contributed by atoms with van der Waals surface area (Å²) in [6.45, 7) is 0.218. The van der Waals surface area contributed by atoms with E-state index >= 15 is 0 Å². The van der Waals surface area contributed by atoms with Crippen LogP contribution in [-0.2, 0) is 19.1 Å². The second kappa shape index (κ2) is 11.6. The van der Waals surface area contributed by atoms with Crippen LogP contribution >= 0.6 is 0 Å². The first-order valence-corrected chi connectivity index (χ1v) is 8.16. The molecule has 26 heavy (non-hydrogen) atoms. The molecule has 0 bridgehead atoms. The Morgan fingerprint density at radius 2 is 1.58 bits per heavy atom. The van der Waals surface area contributed by atoms with Crippen molar-refractivity contribution in [3.05, 3.63) is 29.3 Å². The Balaban J connectivity index is 2.59. The molecule has 0 heterocycles. The summed E-state index contributed by atoms with van der Waals surface area (Å²) >= 11 is 0. The van der Waals surface area contributed by atoms with Crippen LogP contribution in [0.3, 0.4) is 0 Å². The summed E-state index contributed by atoms with van der Waals surface area (Å²) in [5.41, 5.74) is 0.224. The highest BCUT2D eigenvalue weighted by atomic mass is 16.5. The first-order valence-electron chi connectivity index (χ1n) is 8.16. The topological polar surface area (TPSA) is 108 Å². The Morgan fingerprint density at radius 1 is 0.962 bits per heavy atom. The average Bonchev–Trinajstić information content (AvgIpc) is 2.67. The monoisotopic (exact) mass is 365 g/mol. The zero-order chi connectivity index (χ0) is 19.4. The molecule has 0 aliphatic carbocycles. The van der Waals surface area contributed by atoms with Crippen LogP contribution in [0, 0.1) is 0 Å². The molecule has 1 aromatic carbocycles. The maximum atomic E-state index is 11.8. The molecule has 142 valence electrons. The van der Waals surface area contributed by atoms with E-state index in [9.17, 15) is 19.2 Å². The van der Waals surface area contributed by atoms with Crippen LogP contribution in [0.5, 0.6) is 5.75 Å². The third-order valence-electron chi connectivity index (χ3n) is 3.44. The molecule has 1 amide bonds. The van der Waals surface area contributed by atoms with Gasteiger partial charge in [-0.25, -0.2) is 9.59 Å². The zero-order valence-corrected chi connectivity index (χ0v) is 14.9. The zero-order valence-electron chi connectivity index (χ0n) is 14.9. The van der Waals surface area contributed by atoms with Crippen LogP contribution < -0.4 is 10.1 Å². The number of amides is 1. The molecule has 1 aromatic rings. The van der Waals surface area contributed by atoms with Gasteiger partial charge >= 0.3 is 11.9 Å².